The summed E-state index contributed by atoms with van der Waals surface area (Å²) in [5.74, 6) is 0.794. The van der Waals surface area contributed by atoms with E-state index in [-0.39, 0.29) is 18.1 Å². The molecule has 0 amide bonds. The predicted octanol–water partition coefficient (Wildman–Crippen LogP) is 0.954. The Labute approximate surface area is 101 Å². The minimum Gasteiger partial charge on any atom is -0.508 e. The summed E-state index contributed by atoms with van der Waals surface area (Å²) >= 11 is 0. The monoisotopic (exact) mass is 237 g/mol. The van der Waals surface area contributed by atoms with Gasteiger partial charge in [0.05, 0.1) is 6.61 Å². The highest BCUT2D eigenvalue weighted by atomic mass is 16.3. The number of benzene rings is 1. The molecule has 1 fully saturated rings. The molecule has 4 heteroatoms. The van der Waals surface area contributed by atoms with Gasteiger partial charge in [-0.25, -0.2) is 0 Å². The average molecular weight is 237 g/mol. The highest BCUT2D eigenvalue weighted by Gasteiger charge is 2.22. The number of nitrogens with zero attached hydrogens (tertiary/aromatic N) is 1. The Balaban J connectivity index is 1.93. The van der Waals surface area contributed by atoms with Crippen molar-refractivity contribution in [3.05, 3.63) is 23.8 Å². The highest BCUT2D eigenvalue weighted by molar-refractivity contribution is 5.39. The molecule has 4 nitrogen and oxygen atoms in total. The van der Waals surface area contributed by atoms with Crippen molar-refractivity contribution in [2.24, 2.45) is 5.92 Å². The molecular formula is C13H19NO3. The second-order valence-corrected chi connectivity index (χ2v) is 4.70. The zero-order valence-corrected chi connectivity index (χ0v) is 9.84. The van der Waals surface area contributed by atoms with Crippen molar-refractivity contribution >= 4 is 0 Å². The van der Waals surface area contributed by atoms with Gasteiger partial charge in [0.2, 0.25) is 0 Å². The molecule has 1 aromatic carbocycles. The van der Waals surface area contributed by atoms with Crippen LogP contribution in [0.4, 0.5) is 0 Å². The maximum Gasteiger partial charge on any atom is 0.122 e. The Kier molecular flexibility index (Phi) is 3.86. The fourth-order valence-electron chi connectivity index (χ4n) is 2.46. The number of aromatic hydroxyl groups is 2. The second kappa shape index (κ2) is 5.38. The Morgan fingerprint density at radius 3 is 2.82 bits per heavy atom. The van der Waals surface area contributed by atoms with Crippen molar-refractivity contribution in [2.75, 3.05) is 26.2 Å². The molecule has 1 aliphatic rings. The number of hydrogen-bond donors (Lipinski definition) is 3. The summed E-state index contributed by atoms with van der Waals surface area (Å²) in [5, 5.41) is 27.8. The van der Waals surface area contributed by atoms with E-state index in [1.165, 1.54) is 6.07 Å². The van der Waals surface area contributed by atoms with Crippen molar-refractivity contribution in [1.82, 2.24) is 4.90 Å². The van der Waals surface area contributed by atoms with E-state index < -0.39 is 0 Å². The van der Waals surface area contributed by atoms with Crippen molar-refractivity contribution in [3.8, 4) is 11.5 Å². The predicted molar refractivity (Wildman–Crippen MR) is 65.1 cm³/mol. The fraction of sp³-hybridized carbons (Fsp3) is 0.538. The fourth-order valence-corrected chi connectivity index (χ4v) is 2.46. The number of aliphatic hydroxyl groups excluding tert-OH is 1. The molecule has 3 N–H and O–H groups in total. The van der Waals surface area contributed by atoms with Gasteiger partial charge in [-0.1, -0.05) is 6.07 Å². The SMILES string of the molecule is OCCN1CCC(Cc2ccc(O)cc2O)C1. The summed E-state index contributed by atoms with van der Waals surface area (Å²) in [6.45, 7) is 2.93. The van der Waals surface area contributed by atoms with Gasteiger partial charge >= 0.3 is 0 Å². The number of phenols is 2. The van der Waals surface area contributed by atoms with Crippen LogP contribution in [0.5, 0.6) is 11.5 Å². The Bertz CT molecular complexity index is 381. The molecule has 94 valence electrons. The lowest BCUT2D eigenvalue weighted by Gasteiger charge is -2.14. The lowest BCUT2D eigenvalue weighted by Crippen LogP contribution is -2.24. The molecular weight excluding hydrogens is 218 g/mol. The smallest absolute Gasteiger partial charge is 0.122 e. The van der Waals surface area contributed by atoms with Gasteiger partial charge in [0, 0.05) is 19.2 Å². The molecule has 17 heavy (non-hydrogen) atoms. The van der Waals surface area contributed by atoms with Crippen LogP contribution >= 0.6 is 0 Å². The van der Waals surface area contributed by atoms with E-state index in [9.17, 15) is 10.2 Å². The van der Waals surface area contributed by atoms with Crippen LogP contribution in [0.25, 0.3) is 0 Å². The quantitative estimate of drug-likeness (QED) is 0.729. The first-order valence-corrected chi connectivity index (χ1v) is 6.03. The second-order valence-electron chi connectivity index (χ2n) is 4.70. The third kappa shape index (κ3) is 3.11. The van der Waals surface area contributed by atoms with Gasteiger partial charge in [0.25, 0.3) is 0 Å². The zero-order chi connectivity index (χ0) is 12.3. The summed E-state index contributed by atoms with van der Waals surface area (Å²) in [4.78, 5) is 2.24. The van der Waals surface area contributed by atoms with E-state index in [1.54, 1.807) is 12.1 Å². The molecule has 0 spiro atoms. The van der Waals surface area contributed by atoms with Crippen LogP contribution in [0.1, 0.15) is 12.0 Å². The molecule has 1 aliphatic heterocycles. The topological polar surface area (TPSA) is 63.9 Å². The van der Waals surface area contributed by atoms with Crippen molar-refractivity contribution < 1.29 is 15.3 Å². The van der Waals surface area contributed by atoms with Gasteiger partial charge in [-0.15, -0.1) is 0 Å². The molecule has 0 bridgehead atoms. The first kappa shape index (κ1) is 12.2. The van der Waals surface area contributed by atoms with E-state index in [0.29, 0.717) is 5.92 Å². The summed E-state index contributed by atoms with van der Waals surface area (Å²) in [6.07, 6.45) is 1.92. The molecule has 0 aromatic heterocycles. The molecule has 2 rings (SSSR count). The van der Waals surface area contributed by atoms with Gasteiger partial charge in [-0.2, -0.15) is 0 Å². The van der Waals surface area contributed by atoms with Crippen LogP contribution in [0.15, 0.2) is 18.2 Å². The third-order valence-electron chi connectivity index (χ3n) is 3.36. The van der Waals surface area contributed by atoms with E-state index >= 15 is 0 Å². The largest absolute Gasteiger partial charge is 0.508 e. The molecule has 1 saturated heterocycles. The summed E-state index contributed by atoms with van der Waals surface area (Å²) in [5.41, 5.74) is 0.888. The highest BCUT2D eigenvalue weighted by Crippen LogP contribution is 2.28. The normalized spacial score (nSPS) is 20.9. The molecule has 0 aliphatic carbocycles. The van der Waals surface area contributed by atoms with Crippen molar-refractivity contribution in [3.63, 3.8) is 0 Å². The summed E-state index contributed by atoms with van der Waals surface area (Å²) in [6, 6.07) is 4.77. The van der Waals surface area contributed by atoms with Gasteiger partial charge in [0.1, 0.15) is 11.5 Å². The first-order valence-electron chi connectivity index (χ1n) is 6.03. The van der Waals surface area contributed by atoms with Crippen molar-refractivity contribution in [1.29, 1.82) is 0 Å². The minimum absolute atomic E-state index is 0.0968. The molecule has 1 aromatic rings. The summed E-state index contributed by atoms with van der Waals surface area (Å²) in [7, 11) is 0. The van der Waals surface area contributed by atoms with Crippen molar-refractivity contribution in [2.45, 2.75) is 12.8 Å². The first-order chi connectivity index (χ1) is 8.19. The maximum atomic E-state index is 9.71. The Morgan fingerprint density at radius 2 is 2.12 bits per heavy atom. The summed E-state index contributed by atoms with van der Waals surface area (Å²) < 4.78 is 0. The molecule has 1 heterocycles. The maximum absolute atomic E-state index is 9.71. The van der Waals surface area contributed by atoms with Crippen LogP contribution in [-0.4, -0.2) is 46.5 Å². The van der Waals surface area contributed by atoms with Crippen LogP contribution in [0, 0.1) is 5.92 Å². The number of phenolic OH excluding ortho intramolecular Hbond substituents is 2. The van der Waals surface area contributed by atoms with Crippen LogP contribution in [0.3, 0.4) is 0 Å². The van der Waals surface area contributed by atoms with Gasteiger partial charge in [0.15, 0.2) is 0 Å². The molecule has 1 unspecified atom stereocenters. The van der Waals surface area contributed by atoms with Gasteiger partial charge in [-0.3, -0.25) is 0 Å². The lowest BCUT2D eigenvalue weighted by molar-refractivity contribution is 0.217. The van der Waals surface area contributed by atoms with Gasteiger partial charge in [-0.05, 0) is 36.9 Å². The van der Waals surface area contributed by atoms with Crippen LogP contribution in [0.2, 0.25) is 0 Å². The average Bonchev–Trinajstić information content (AvgIpc) is 2.71. The van der Waals surface area contributed by atoms with Gasteiger partial charge < -0.3 is 20.2 Å². The Morgan fingerprint density at radius 1 is 1.29 bits per heavy atom. The number of rotatable bonds is 4. The Hall–Kier alpha value is -1.26. The number of likely N-dealkylation sites (tertiary alicyclic amines) is 1. The minimum atomic E-state index is 0.0968. The standard InChI is InChI=1S/C13H19NO3/c15-6-5-14-4-3-10(9-14)7-11-1-2-12(16)8-13(11)17/h1-2,8,10,15-17H,3-7,9H2. The lowest BCUT2D eigenvalue weighted by atomic mass is 9.98. The molecule has 1 atom stereocenters. The van der Waals surface area contributed by atoms with Crippen LogP contribution in [-0.2, 0) is 6.42 Å². The number of β-amino-alcohol motifs (C(OH)–C–C–N with tert-alkyl or cyclic N) is 1. The number of aliphatic hydroxyl groups is 1. The van der Waals surface area contributed by atoms with Crippen LogP contribution < -0.4 is 0 Å². The molecule has 0 radical (unpaired) electrons. The van der Waals surface area contributed by atoms with E-state index in [2.05, 4.69) is 4.90 Å². The zero-order valence-electron chi connectivity index (χ0n) is 9.84. The van der Waals surface area contributed by atoms with E-state index in [0.717, 1.165) is 38.0 Å². The molecule has 0 saturated carbocycles. The number of hydrogen-bond acceptors (Lipinski definition) is 4. The third-order valence-corrected chi connectivity index (χ3v) is 3.36. The van der Waals surface area contributed by atoms with E-state index in [1.807, 2.05) is 0 Å². The van der Waals surface area contributed by atoms with E-state index in [4.69, 9.17) is 5.11 Å².